The SMILES string of the molecule is CC(C)(C)c1cc(C(=O)OCC(=O)N2CCOCC2)cc(C(C)(C)C)c1O. The Morgan fingerprint density at radius 3 is 1.96 bits per heavy atom. The Morgan fingerprint density at radius 2 is 1.52 bits per heavy atom. The van der Waals surface area contributed by atoms with Crippen molar-refractivity contribution in [3.05, 3.63) is 28.8 Å². The van der Waals surface area contributed by atoms with Gasteiger partial charge >= 0.3 is 5.97 Å². The van der Waals surface area contributed by atoms with Gasteiger partial charge in [0.15, 0.2) is 6.61 Å². The Bertz CT molecular complexity index is 671. The smallest absolute Gasteiger partial charge is 0.338 e. The third-order valence-electron chi connectivity index (χ3n) is 4.65. The van der Waals surface area contributed by atoms with Crippen LogP contribution in [0.2, 0.25) is 0 Å². The van der Waals surface area contributed by atoms with E-state index in [0.717, 1.165) is 0 Å². The zero-order valence-electron chi connectivity index (χ0n) is 17.2. The van der Waals surface area contributed by atoms with Gasteiger partial charge in [-0.2, -0.15) is 0 Å². The van der Waals surface area contributed by atoms with Gasteiger partial charge in [-0.15, -0.1) is 0 Å². The highest BCUT2D eigenvalue weighted by Crippen LogP contribution is 2.39. The molecule has 1 saturated heterocycles. The third-order valence-corrected chi connectivity index (χ3v) is 4.65. The molecule has 1 aliphatic heterocycles. The van der Waals surface area contributed by atoms with Gasteiger partial charge < -0.3 is 19.5 Å². The second-order valence-corrected chi connectivity index (χ2v) is 8.99. The summed E-state index contributed by atoms with van der Waals surface area (Å²) < 4.78 is 10.5. The van der Waals surface area contributed by atoms with Gasteiger partial charge in [0.05, 0.1) is 18.8 Å². The van der Waals surface area contributed by atoms with Crippen LogP contribution in [0.15, 0.2) is 12.1 Å². The molecule has 0 spiro atoms. The predicted molar refractivity (Wildman–Crippen MR) is 103 cm³/mol. The number of hydrogen-bond acceptors (Lipinski definition) is 5. The summed E-state index contributed by atoms with van der Waals surface area (Å²) in [5.74, 6) is -0.582. The molecule has 0 atom stereocenters. The lowest BCUT2D eigenvalue weighted by atomic mass is 9.78. The summed E-state index contributed by atoms with van der Waals surface area (Å²) in [6.45, 7) is 13.6. The minimum Gasteiger partial charge on any atom is -0.507 e. The van der Waals surface area contributed by atoms with Crippen LogP contribution in [0.5, 0.6) is 5.75 Å². The Kier molecular flexibility index (Phi) is 6.20. The maximum absolute atomic E-state index is 12.6. The second kappa shape index (κ2) is 7.89. The van der Waals surface area contributed by atoms with Crippen LogP contribution in [0.25, 0.3) is 0 Å². The van der Waals surface area contributed by atoms with Gasteiger partial charge in [-0.3, -0.25) is 4.79 Å². The van der Waals surface area contributed by atoms with E-state index in [-0.39, 0.29) is 29.1 Å². The summed E-state index contributed by atoms with van der Waals surface area (Å²) in [5.41, 5.74) is 1.02. The summed E-state index contributed by atoms with van der Waals surface area (Å²) in [5, 5.41) is 10.7. The highest BCUT2D eigenvalue weighted by atomic mass is 16.5. The summed E-state index contributed by atoms with van der Waals surface area (Å²) in [6.07, 6.45) is 0. The first-order valence-electron chi connectivity index (χ1n) is 9.32. The van der Waals surface area contributed by atoms with E-state index in [1.165, 1.54) is 0 Å². The number of ether oxygens (including phenoxy) is 2. The lowest BCUT2D eigenvalue weighted by molar-refractivity contribution is -0.138. The number of carbonyl (C=O) groups excluding carboxylic acids is 2. The van der Waals surface area contributed by atoms with E-state index in [9.17, 15) is 14.7 Å². The monoisotopic (exact) mass is 377 g/mol. The lowest BCUT2D eigenvalue weighted by Gasteiger charge is -2.28. The number of esters is 1. The van der Waals surface area contributed by atoms with Crippen molar-refractivity contribution in [1.29, 1.82) is 0 Å². The lowest BCUT2D eigenvalue weighted by Crippen LogP contribution is -2.42. The van der Waals surface area contributed by atoms with Crippen molar-refractivity contribution in [3.8, 4) is 5.75 Å². The van der Waals surface area contributed by atoms with E-state index >= 15 is 0 Å². The molecule has 1 aliphatic rings. The van der Waals surface area contributed by atoms with Crippen molar-refractivity contribution >= 4 is 11.9 Å². The third kappa shape index (κ3) is 5.22. The molecule has 2 rings (SSSR count). The van der Waals surface area contributed by atoms with E-state index in [1.54, 1.807) is 17.0 Å². The molecule has 1 heterocycles. The van der Waals surface area contributed by atoms with Gasteiger partial charge in [0.2, 0.25) is 0 Å². The van der Waals surface area contributed by atoms with E-state index in [0.29, 0.717) is 43.0 Å². The number of aromatic hydroxyl groups is 1. The standard InChI is InChI=1S/C21H31NO5/c1-20(2,3)15-11-14(12-16(18(15)24)21(4,5)6)19(25)27-13-17(23)22-7-9-26-10-8-22/h11-12,24H,7-10,13H2,1-6H3. The molecule has 0 unspecified atom stereocenters. The Balaban J connectivity index is 2.23. The second-order valence-electron chi connectivity index (χ2n) is 8.99. The molecule has 27 heavy (non-hydrogen) atoms. The van der Waals surface area contributed by atoms with Crippen LogP contribution in [0, 0.1) is 0 Å². The molecule has 1 amide bonds. The zero-order valence-corrected chi connectivity index (χ0v) is 17.2. The van der Waals surface area contributed by atoms with Crippen molar-refractivity contribution in [3.63, 3.8) is 0 Å². The molecule has 1 aromatic rings. The first-order chi connectivity index (χ1) is 12.4. The van der Waals surface area contributed by atoms with Crippen molar-refractivity contribution in [2.24, 2.45) is 0 Å². The average Bonchev–Trinajstić information content (AvgIpc) is 2.58. The summed E-state index contributed by atoms with van der Waals surface area (Å²) in [4.78, 5) is 26.4. The highest BCUT2D eigenvalue weighted by Gasteiger charge is 2.28. The Hall–Kier alpha value is -2.08. The first-order valence-corrected chi connectivity index (χ1v) is 9.32. The highest BCUT2D eigenvalue weighted by molar-refractivity contribution is 5.92. The molecule has 0 aliphatic carbocycles. The average molecular weight is 377 g/mol. The first kappa shape index (κ1) is 21.2. The molecular weight excluding hydrogens is 346 g/mol. The van der Waals surface area contributed by atoms with E-state index in [2.05, 4.69) is 0 Å². The Morgan fingerprint density at radius 1 is 1.04 bits per heavy atom. The minimum atomic E-state index is -0.562. The largest absolute Gasteiger partial charge is 0.507 e. The molecule has 0 radical (unpaired) electrons. The number of amides is 1. The molecule has 1 fully saturated rings. The summed E-state index contributed by atoms with van der Waals surface area (Å²) in [6, 6.07) is 3.32. The van der Waals surface area contributed by atoms with Crippen molar-refractivity contribution in [1.82, 2.24) is 4.90 Å². The van der Waals surface area contributed by atoms with Gasteiger partial charge in [0, 0.05) is 24.2 Å². The number of phenols is 1. The molecule has 0 bridgehead atoms. The fourth-order valence-electron chi connectivity index (χ4n) is 3.01. The maximum Gasteiger partial charge on any atom is 0.338 e. The normalized spacial score (nSPS) is 15.6. The minimum absolute atomic E-state index is 0.205. The Labute approximate surface area is 161 Å². The molecule has 0 aromatic heterocycles. The van der Waals surface area contributed by atoms with E-state index in [4.69, 9.17) is 9.47 Å². The van der Waals surface area contributed by atoms with Gasteiger partial charge in [-0.25, -0.2) is 4.79 Å². The van der Waals surface area contributed by atoms with Crippen molar-refractivity contribution < 1.29 is 24.2 Å². The van der Waals surface area contributed by atoms with Crippen molar-refractivity contribution in [2.45, 2.75) is 52.4 Å². The number of phenolic OH excluding ortho intramolecular Hbond substituents is 1. The molecule has 1 aromatic carbocycles. The topological polar surface area (TPSA) is 76.1 Å². The summed E-state index contributed by atoms with van der Waals surface area (Å²) >= 11 is 0. The fourth-order valence-corrected chi connectivity index (χ4v) is 3.01. The molecule has 6 heteroatoms. The quantitative estimate of drug-likeness (QED) is 0.820. The fraction of sp³-hybridized carbons (Fsp3) is 0.619. The predicted octanol–water partition coefficient (Wildman–Crippen LogP) is 3.00. The van der Waals surface area contributed by atoms with Crippen LogP contribution in [-0.4, -0.2) is 54.8 Å². The number of benzene rings is 1. The van der Waals surface area contributed by atoms with Crippen LogP contribution in [0.3, 0.4) is 0 Å². The van der Waals surface area contributed by atoms with Crippen LogP contribution >= 0.6 is 0 Å². The molecule has 1 N–H and O–H groups in total. The molecule has 6 nitrogen and oxygen atoms in total. The zero-order chi connectivity index (χ0) is 20.4. The molecule has 150 valence electrons. The van der Waals surface area contributed by atoms with Crippen LogP contribution in [0.1, 0.15) is 63.0 Å². The number of hydrogen-bond donors (Lipinski definition) is 1. The van der Waals surface area contributed by atoms with Gasteiger partial charge in [-0.1, -0.05) is 41.5 Å². The number of rotatable bonds is 3. The van der Waals surface area contributed by atoms with Gasteiger partial charge in [0.1, 0.15) is 5.75 Å². The van der Waals surface area contributed by atoms with Crippen molar-refractivity contribution in [2.75, 3.05) is 32.9 Å². The van der Waals surface area contributed by atoms with Gasteiger partial charge in [0.25, 0.3) is 5.91 Å². The van der Waals surface area contributed by atoms with E-state index in [1.807, 2.05) is 41.5 Å². The number of carbonyl (C=O) groups is 2. The molecule has 0 saturated carbocycles. The van der Waals surface area contributed by atoms with E-state index < -0.39 is 5.97 Å². The van der Waals surface area contributed by atoms with Crippen LogP contribution in [-0.2, 0) is 25.1 Å². The maximum atomic E-state index is 12.6. The van der Waals surface area contributed by atoms with Gasteiger partial charge in [-0.05, 0) is 23.0 Å². The molecular formula is C21H31NO5. The number of morpholine rings is 1. The number of nitrogens with zero attached hydrogens (tertiary/aromatic N) is 1. The summed E-state index contributed by atoms with van der Waals surface area (Å²) in [7, 11) is 0. The van der Waals surface area contributed by atoms with Crippen LogP contribution in [0.4, 0.5) is 0 Å². The van der Waals surface area contributed by atoms with Crippen LogP contribution < -0.4 is 0 Å².